The first-order chi connectivity index (χ1) is 10.2. The molecule has 2 aromatic rings. The van der Waals surface area contributed by atoms with Crippen LogP contribution in [0.2, 0.25) is 0 Å². The average Bonchev–Trinajstić information content (AvgIpc) is 2.92. The lowest BCUT2D eigenvalue weighted by molar-refractivity contribution is 0.456. The smallest absolute Gasteiger partial charge is 0.0173 e. The van der Waals surface area contributed by atoms with Crippen LogP contribution < -0.4 is 5.32 Å². The van der Waals surface area contributed by atoms with Gasteiger partial charge in [0.05, 0.1) is 0 Å². The van der Waals surface area contributed by atoms with Gasteiger partial charge in [-0.05, 0) is 68.0 Å². The van der Waals surface area contributed by atoms with Gasteiger partial charge < -0.3 is 5.32 Å². The SMILES string of the molecule is CNC(Cc1ccc(C)c(C)c1)C1CCc2ccccc21. The molecule has 0 aromatic heterocycles. The summed E-state index contributed by atoms with van der Waals surface area (Å²) < 4.78 is 0. The van der Waals surface area contributed by atoms with Crippen LogP contribution in [0.25, 0.3) is 0 Å². The van der Waals surface area contributed by atoms with Crippen molar-refractivity contribution < 1.29 is 0 Å². The van der Waals surface area contributed by atoms with Crippen molar-refractivity contribution >= 4 is 0 Å². The molecule has 0 heterocycles. The lowest BCUT2D eigenvalue weighted by atomic mass is 9.88. The van der Waals surface area contributed by atoms with Crippen molar-refractivity contribution in [3.63, 3.8) is 0 Å². The summed E-state index contributed by atoms with van der Waals surface area (Å²) in [4.78, 5) is 0. The van der Waals surface area contributed by atoms with Crippen LogP contribution in [0.15, 0.2) is 42.5 Å². The van der Waals surface area contributed by atoms with E-state index in [1.54, 1.807) is 11.1 Å². The highest BCUT2D eigenvalue weighted by Crippen LogP contribution is 2.36. The second-order valence-corrected chi connectivity index (χ2v) is 6.36. The van der Waals surface area contributed by atoms with Crippen LogP contribution in [0, 0.1) is 13.8 Å². The molecule has 2 unspecified atom stereocenters. The Morgan fingerprint density at radius 1 is 1.10 bits per heavy atom. The van der Waals surface area contributed by atoms with Gasteiger partial charge in [0.1, 0.15) is 0 Å². The van der Waals surface area contributed by atoms with Gasteiger partial charge in [0.25, 0.3) is 0 Å². The van der Waals surface area contributed by atoms with Crippen molar-refractivity contribution in [1.29, 1.82) is 0 Å². The van der Waals surface area contributed by atoms with Gasteiger partial charge in [0.15, 0.2) is 0 Å². The third-order valence-corrected chi connectivity index (χ3v) is 5.06. The first kappa shape index (κ1) is 14.3. The van der Waals surface area contributed by atoms with Crippen LogP contribution in [0.3, 0.4) is 0 Å². The number of hydrogen-bond donors (Lipinski definition) is 1. The molecule has 0 radical (unpaired) electrons. The summed E-state index contributed by atoms with van der Waals surface area (Å²) in [7, 11) is 2.10. The first-order valence-corrected chi connectivity index (χ1v) is 8.00. The van der Waals surface area contributed by atoms with Crippen LogP contribution in [-0.2, 0) is 12.8 Å². The maximum Gasteiger partial charge on any atom is 0.0173 e. The molecule has 0 saturated heterocycles. The Bertz CT molecular complexity index is 629. The largest absolute Gasteiger partial charge is 0.316 e. The number of rotatable bonds is 4. The second-order valence-electron chi connectivity index (χ2n) is 6.36. The Labute approximate surface area is 128 Å². The molecule has 0 amide bonds. The fourth-order valence-electron chi connectivity index (χ4n) is 3.64. The summed E-state index contributed by atoms with van der Waals surface area (Å²) in [5.74, 6) is 0.646. The highest BCUT2D eigenvalue weighted by atomic mass is 14.9. The van der Waals surface area contributed by atoms with Crippen LogP contribution >= 0.6 is 0 Å². The standard InChI is InChI=1S/C20H25N/c1-14-8-9-16(12-15(14)2)13-20(21-3)19-11-10-17-6-4-5-7-18(17)19/h4-9,12,19-21H,10-11,13H2,1-3H3. The molecule has 1 heteroatoms. The van der Waals surface area contributed by atoms with Gasteiger partial charge in [0, 0.05) is 12.0 Å². The van der Waals surface area contributed by atoms with Crippen LogP contribution in [0.1, 0.15) is 40.2 Å². The number of benzene rings is 2. The molecule has 2 aromatic carbocycles. The van der Waals surface area contributed by atoms with E-state index in [1.807, 2.05) is 0 Å². The molecule has 0 fully saturated rings. The predicted molar refractivity (Wildman–Crippen MR) is 90.0 cm³/mol. The molecule has 1 N–H and O–H groups in total. The number of likely N-dealkylation sites (N-methyl/N-ethyl adjacent to an activating group) is 1. The number of nitrogens with one attached hydrogen (secondary N) is 1. The Morgan fingerprint density at radius 2 is 1.90 bits per heavy atom. The van der Waals surface area contributed by atoms with E-state index < -0.39 is 0 Å². The fourth-order valence-corrected chi connectivity index (χ4v) is 3.64. The van der Waals surface area contributed by atoms with E-state index >= 15 is 0 Å². The Kier molecular flexibility index (Phi) is 4.12. The van der Waals surface area contributed by atoms with Gasteiger partial charge in [-0.25, -0.2) is 0 Å². The summed E-state index contributed by atoms with van der Waals surface area (Å²) >= 11 is 0. The summed E-state index contributed by atoms with van der Waals surface area (Å²) in [5, 5.41) is 3.57. The minimum atomic E-state index is 0.524. The molecule has 0 aliphatic heterocycles. The molecule has 1 aliphatic carbocycles. The van der Waals surface area contributed by atoms with Crippen molar-refractivity contribution in [2.45, 2.75) is 45.1 Å². The van der Waals surface area contributed by atoms with Gasteiger partial charge in [0.2, 0.25) is 0 Å². The van der Waals surface area contributed by atoms with Crippen molar-refractivity contribution in [2.75, 3.05) is 7.05 Å². The van der Waals surface area contributed by atoms with Crippen molar-refractivity contribution in [1.82, 2.24) is 5.32 Å². The van der Waals surface area contributed by atoms with E-state index in [1.165, 1.54) is 29.5 Å². The maximum atomic E-state index is 3.57. The number of aryl methyl sites for hydroxylation is 3. The minimum Gasteiger partial charge on any atom is -0.316 e. The summed E-state index contributed by atoms with van der Waals surface area (Å²) in [6.45, 7) is 4.39. The highest BCUT2D eigenvalue weighted by molar-refractivity contribution is 5.37. The molecule has 1 nitrogen and oxygen atoms in total. The Balaban J connectivity index is 1.81. The fraction of sp³-hybridized carbons (Fsp3) is 0.400. The van der Waals surface area contributed by atoms with E-state index in [2.05, 4.69) is 68.7 Å². The molecular weight excluding hydrogens is 254 g/mol. The Morgan fingerprint density at radius 3 is 2.67 bits per heavy atom. The van der Waals surface area contributed by atoms with Crippen molar-refractivity contribution in [3.8, 4) is 0 Å². The van der Waals surface area contributed by atoms with Gasteiger partial charge in [-0.3, -0.25) is 0 Å². The Hall–Kier alpha value is -1.60. The van der Waals surface area contributed by atoms with E-state index in [-0.39, 0.29) is 0 Å². The highest BCUT2D eigenvalue weighted by Gasteiger charge is 2.28. The van der Waals surface area contributed by atoms with E-state index in [0.717, 1.165) is 6.42 Å². The number of fused-ring (bicyclic) bond motifs is 1. The molecule has 2 atom stereocenters. The number of hydrogen-bond acceptors (Lipinski definition) is 1. The van der Waals surface area contributed by atoms with Gasteiger partial charge in [-0.2, -0.15) is 0 Å². The summed E-state index contributed by atoms with van der Waals surface area (Å²) in [5.41, 5.74) is 7.32. The van der Waals surface area contributed by atoms with Gasteiger partial charge in [-0.15, -0.1) is 0 Å². The quantitative estimate of drug-likeness (QED) is 0.886. The average molecular weight is 279 g/mol. The molecule has 1 aliphatic rings. The zero-order chi connectivity index (χ0) is 14.8. The topological polar surface area (TPSA) is 12.0 Å². The summed E-state index contributed by atoms with van der Waals surface area (Å²) in [6.07, 6.45) is 3.61. The third kappa shape index (κ3) is 2.89. The zero-order valence-electron chi connectivity index (χ0n) is 13.3. The predicted octanol–water partition coefficient (Wildman–Crippen LogP) is 4.16. The lowest BCUT2D eigenvalue weighted by Crippen LogP contribution is -2.33. The van der Waals surface area contributed by atoms with Crippen molar-refractivity contribution in [3.05, 3.63) is 70.3 Å². The van der Waals surface area contributed by atoms with Crippen LogP contribution in [0.5, 0.6) is 0 Å². The van der Waals surface area contributed by atoms with Crippen LogP contribution in [-0.4, -0.2) is 13.1 Å². The first-order valence-electron chi connectivity index (χ1n) is 8.00. The molecule has 0 bridgehead atoms. The van der Waals surface area contributed by atoms with E-state index in [0.29, 0.717) is 12.0 Å². The molecular formula is C20H25N. The molecule has 0 saturated carbocycles. The minimum absolute atomic E-state index is 0.524. The van der Waals surface area contributed by atoms with Gasteiger partial charge in [-0.1, -0.05) is 42.5 Å². The lowest BCUT2D eigenvalue weighted by Gasteiger charge is -2.24. The van der Waals surface area contributed by atoms with E-state index in [4.69, 9.17) is 0 Å². The van der Waals surface area contributed by atoms with Gasteiger partial charge >= 0.3 is 0 Å². The molecule has 110 valence electrons. The molecule has 21 heavy (non-hydrogen) atoms. The maximum absolute atomic E-state index is 3.57. The molecule has 3 rings (SSSR count). The van der Waals surface area contributed by atoms with E-state index in [9.17, 15) is 0 Å². The summed E-state index contributed by atoms with van der Waals surface area (Å²) in [6, 6.07) is 16.4. The van der Waals surface area contributed by atoms with Crippen LogP contribution in [0.4, 0.5) is 0 Å². The third-order valence-electron chi connectivity index (χ3n) is 5.06. The zero-order valence-corrected chi connectivity index (χ0v) is 13.3. The normalized spacial score (nSPS) is 18.5. The molecule has 0 spiro atoms. The van der Waals surface area contributed by atoms with Crippen molar-refractivity contribution in [2.24, 2.45) is 0 Å². The monoisotopic (exact) mass is 279 g/mol. The second kappa shape index (κ2) is 6.03.